The quantitative estimate of drug-likeness (QED) is 0.771. The van der Waals surface area contributed by atoms with Gasteiger partial charge in [-0.2, -0.15) is 5.10 Å². The van der Waals surface area contributed by atoms with E-state index in [2.05, 4.69) is 12.0 Å². The molecular formula is C20H25N3O4. The largest absolute Gasteiger partial charge is 0.451 e. The Balaban J connectivity index is 1.82. The lowest BCUT2D eigenvalue weighted by molar-refractivity contribution is -0.136. The van der Waals surface area contributed by atoms with Crippen LogP contribution in [0.2, 0.25) is 0 Å². The minimum atomic E-state index is -0.695. The highest BCUT2D eigenvalue weighted by atomic mass is 16.5. The van der Waals surface area contributed by atoms with Crippen molar-refractivity contribution in [3.63, 3.8) is 0 Å². The summed E-state index contributed by atoms with van der Waals surface area (Å²) in [6.07, 6.45) is 2.07. The zero-order valence-corrected chi connectivity index (χ0v) is 16.0. The van der Waals surface area contributed by atoms with E-state index in [4.69, 9.17) is 4.74 Å². The molecule has 0 aliphatic carbocycles. The fourth-order valence-electron chi connectivity index (χ4n) is 3.41. The molecule has 2 heterocycles. The van der Waals surface area contributed by atoms with Gasteiger partial charge in [-0.15, -0.1) is 0 Å². The summed E-state index contributed by atoms with van der Waals surface area (Å²) in [4.78, 5) is 39.2. The Bertz CT molecular complexity index is 919. The average molecular weight is 371 g/mol. The van der Waals surface area contributed by atoms with Crippen molar-refractivity contribution in [1.29, 1.82) is 0 Å². The van der Waals surface area contributed by atoms with Gasteiger partial charge in [0.05, 0.1) is 11.4 Å². The van der Waals surface area contributed by atoms with E-state index in [1.165, 1.54) is 4.68 Å². The summed E-state index contributed by atoms with van der Waals surface area (Å²) >= 11 is 0. The molecule has 1 fully saturated rings. The second kappa shape index (κ2) is 7.90. The Hall–Kier alpha value is -2.70. The van der Waals surface area contributed by atoms with Crippen LogP contribution in [0.4, 0.5) is 0 Å². The van der Waals surface area contributed by atoms with Gasteiger partial charge in [0, 0.05) is 18.5 Å². The number of nitrogens with zero attached hydrogens (tertiary/aromatic N) is 3. The van der Waals surface area contributed by atoms with Crippen molar-refractivity contribution in [3.05, 3.63) is 40.3 Å². The van der Waals surface area contributed by atoms with E-state index < -0.39 is 5.97 Å². The van der Waals surface area contributed by atoms with E-state index in [1.807, 2.05) is 13.8 Å². The van der Waals surface area contributed by atoms with Crippen LogP contribution in [0.25, 0.3) is 10.8 Å². The molecule has 0 spiro atoms. The minimum Gasteiger partial charge on any atom is -0.451 e. The van der Waals surface area contributed by atoms with Crippen LogP contribution in [0.5, 0.6) is 0 Å². The highest BCUT2D eigenvalue weighted by Crippen LogP contribution is 2.17. The van der Waals surface area contributed by atoms with Gasteiger partial charge in [0.1, 0.15) is 0 Å². The van der Waals surface area contributed by atoms with Crippen LogP contribution in [0.3, 0.4) is 0 Å². The Kier molecular flexibility index (Phi) is 5.58. The summed E-state index contributed by atoms with van der Waals surface area (Å²) in [6.45, 7) is 6.81. The molecule has 0 N–H and O–H groups in total. The zero-order chi connectivity index (χ0) is 19.6. The van der Waals surface area contributed by atoms with Gasteiger partial charge in [-0.3, -0.25) is 9.59 Å². The fraction of sp³-hybridized carbons (Fsp3) is 0.500. The Morgan fingerprint density at radius 1 is 1.26 bits per heavy atom. The van der Waals surface area contributed by atoms with E-state index >= 15 is 0 Å². The number of hydrogen-bond donors (Lipinski definition) is 0. The number of carbonyl (C=O) groups excluding carboxylic acids is 2. The molecule has 0 radical (unpaired) electrons. The first kappa shape index (κ1) is 19.1. The van der Waals surface area contributed by atoms with Gasteiger partial charge in [-0.05, 0) is 38.7 Å². The van der Waals surface area contributed by atoms with E-state index in [0.29, 0.717) is 29.8 Å². The maximum atomic E-state index is 12.6. The zero-order valence-electron chi connectivity index (χ0n) is 16.0. The molecule has 144 valence electrons. The number of piperidine rings is 1. The Labute approximate surface area is 157 Å². The van der Waals surface area contributed by atoms with E-state index in [0.717, 1.165) is 12.8 Å². The van der Waals surface area contributed by atoms with Crippen molar-refractivity contribution < 1.29 is 14.3 Å². The first-order valence-corrected chi connectivity index (χ1v) is 9.35. The standard InChI is InChI=1S/C20H25N3O4/c1-13(2)23-19(25)16-9-5-4-8-15(16)18(21-23)20(26)27-12-17(24)22-10-6-7-14(3)11-22/h4-5,8-9,13-14H,6-7,10-12H2,1-3H3/t14-/m0/s1. The topological polar surface area (TPSA) is 81.5 Å². The summed E-state index contributed by atoms with van der Waals surface area (Å²) in [6, 6.07) is 6.60. The van der Waals surface area contributed by atoms with E-state index in [-0.39, 0.29) is 29.8 Å². The molecule has 3 rings (SSSR count). The number of likely N-dealkylation sites (tertiary alicyclic amines) is 1. The Morgan fingerprint density at radius 3 is 2.63 bits per heavy atom. The van der Waals surface area contributed by atoms with Crippen molar-refractivity contribution >= 4 is 22.6 Å². The molecule has 7 heteroatoms. The summed E-state index contributed by atoms with van der Waals surface area (Å²) < 4.78 is 6.52. The van der Waals surface area contributed by atoms with Gasteiger partial charge in [0.15, 0.2) is 12.3 Å². The third kappa shape index (κ3) is 4.02. The number of fused-ring (bicyclic) bond motifs is 1. The first-order valence-electron chi connectivity index (χ1n) is 9.35. The number of ether oxygens (including phenoxy) is 1. The highest BCUT2D eigenvalue weighted by molar-refractivity contribution is 6.02. The SMILES string of the molecule is CC(C)n1nc(C(=O)OCC(=O)N2CCC[C@H](C)C2)c2ccccc2c1=O. The van der Waals surface area contributed by atoms with Crippen LogP contribution in [-0.2, 0) is 9.53 Å². The normalized spacial score (nSPS) is 17.3. The van der Waals surface area contributed by atoms with E-state index in [9.17, 15) is 14.4 Å². The van der Waals surface area contributed by atoms with Crippen molar-refractivity contribution in [2.75, 3.05) is 19.7 Å². The predicted octanol–water partition coefficient (Wildman–Crippen LogP) is 2.39. The highest BCUT2D eigenvalue weighted by Gasteiger charge is 2.24. The lowest BCUT2D eigenvalue weighted by Gasteiger charge is -2.30. The lowest BCUT2D eigenvalue weighted by Crippen LogP contribution is -2.41. The molecule has 0 bridgehead atoms. The molecule has 1 atom stereocenters. The van der Waals surface area contributed by atoms with Gasteiger partial charge < -0.3 is 9.64 Å². The number of benzene rings is 1. The molecule has 0 unspecified atom stereocenters. The number of carbonyl (C=O) groups is 2. The average Bonchev–Trinajstić information content (AvgIpc) is 2.66. The Morgan fingerprint density at radius 2 is 1.96 bits per heavy atom. The van der Waals surface area contributed by atoms with Crippen LogP contribution in [0.15, 0.2) is 29.1 Å². The lowest BCUT2D eigenvalue weighted by atomic mass is 10.0. The minimum absolute atomic E-state index is 0.0544. The second-order valence-corrected chi connectivity index (χ2v) is 7.40. The maximum Gasteiger partial charge on any atom is 0.359 e. The van der Waals surface area contributed by atoms with E-state index in [1.54, 1.807) is 29.2 Å². The number of hydrogen-bond acceptors (Lipinski definition) is 5. The summed E-state index contributed by atoms with van der Waals surface area (Å²) in [5.41, 5.74) is -0.200. The first-order chi connectivity index (χ1) is 12.9. The molecule has 2 aromatic rings. The monoisotopic (exact) mass is 371 g/mol. The third-order valence-corrected chi connectivity index (χ3v) is 4.85. The molecule has 1 aromatic carbocycles. The number of rotatable bonds is 4. The van der Waals surface area contributed by atoms with Crippen LogP contribution >= 0.6 is 0 Å². The number of esters is 1. The maximum absolute atomic E-state index is 12.6. The van der Waals surface area contributed by atoms with Crippen LogP contribution < -0.4 is 5.56 Å². The van der Waals surface area contributed by atoms with Gasteiger partial charge in [-0.25, -0.2) is 9.48 Å². The molecule has 1 aliphatic heterocycles. The summed E-state index contributed by atoms with van der Waals surface area (Å²) in [5, 5.41) is 5.05. The van der Waals surface area contributed by atoms with Crippen molar-refractivity contribution in [3.8, 4) is 0 Å². The number of amides is 1. The van der Waals surface area contributed by atoms with Crippen molar-refractivity contribution in [2.24, 2.45) is 5.92 Å². The molecule has 27 heavy (non-hydrogen) atoms. The van der Waals surface area contributed by atoms with Crippen LogP contribution in [-0.4, -0.2) is 46.3 Å². The number of aromatic nitrogens is 2. The predicted molar refractivity (Wildman–Crippen MR) is 102 cm³/mol. The second-order valence-electron chi connectivity index (χ2n) is 7.40. The summed E-state index contributed by atoms with van der Waals surface area (Å²) in [7, 11) is 0. The van der Waals surface area contributed by atoms with Crippen molar-refractivity contribution in [2.45, 2.75) is 39.7 Å². The molecule has 0 saturated carbocycles. The van der Waals surface area contributed by atoms with Crippen LogP contribution in [0, 0.1) is 5.92 Å². The van der Waals surface area contributed by atoms with Gasteiger partial charge >= 0.3 is 5.97 Å². The molecule has 1 amide bonds. The third-order valence-electron chi connectivity index (χ3n) is 4.85. The summed E-state index contributed by atoms with van der Waals surface area (Å²) in [5.74, 6) is -0.436. The van der Waals surface area contributed by atoms with Crippen LogP contribution in [0.1, 0.15) is 50.1 Å². The molecule has 1 aromatic heterocycles. The molecule has 7 nitrogen and oxygen atoms in total. The van der Waals surface area contributed by atoms with Crippen molar-refractivity contribution in [1.82, 2.24) is 14.7 Å². The molecule has 1 saturated heterocycles. The fourth-order valence-corrected chi connectivity index (χ4v) is 3.41. The van der Waals surface area contributed by atoms with Gasteiger partial charge in [0.25, 0.3) is 11.5 Å². The van der Waals surface area contributed by atoms with Gasteiger partial charge in [-0.1, -0.05) is 25.1 Å². The molecular weight excluding hydrogens is 346 g/mol. The van der Waals surface area contributed by atoms with Gasteiger partial charge in [0.2, 0.25) is 0 Å². The molecule has 1 aliphatic rings. The smallest absolute Gasteiger partial charge is 0.359 e.